The lowest BCUT2D eigenvalue weighted by molar-refractivity contribution is -0.112. The number of anilines is 2. The van der Waals surface area contributed by atoms with Crippen LogP contribution in [-0.2, 0) is 11.8 Å². The molecular weight excluding hydrogens is 468 g/mol. The molecule has 3 rings (SSSR count). The fourth-order valence-electron chi connectivity index (χ4n) is 2.61. The number of carbonyl (C=O) groups is 2. The Labute approximate surface area is 187 Å². The van der Waals surface area contributed by atoms with Crippen LogP contribution < -0.4 is 10.6 Å². The van der Waals surface area contributed by atoms with Crippen molar-refractivity contribution in [3.63, 3.8) is 0 Å². The van der Waals surface area contributed by atoms with Crippen LogP contribution in [0, 0.1) is 0 Å². The first-order valence-corrected chi connectivity index (χ1v) is 9.98. The lowest BCUT2D eigenvalue weighted by Crippen LogP contribution is -2.14. The topological polar surface area (TPSA) is 76.0 Å². The number of carbonyl (C=O) groups excluding carboxylic acids is 2. The van der Waals surface area contributed by atoms with E-state index >= 15 is 0 Å². The third-order valence-corrected chi connectivity index (χ3v) is 5.20. The molecule has 0 unspecified atom stereocenters. The van der Waals surface area contributed by atoms with Crippen LogP contribution in [0.25, 0.3) is 11.3 Å². The van der Waals surface area contributed by atoms with Gasteiger partial charge in [0.2, 0.25) is 0 Å². The van der Waals surface area contributed by atoms with Crippen LogP contribution in [0.15, 0.2) is 82.8 Å². The van der Waals surface area contributed by atoms with E-state index in [9.17, 15) is 9.59 Å². The molecule has 0 aliphatic rings. The van der Waals surface area contributed by atoms with Gasteiger partial charge in [-0.1, -0.05) is 49.0 Å². The maximum absolute atomic E-state index is 12.5. The molecule has 0 saturated heterocycles. The molecule has 2 aromatic carbocycles. The first-order valence-electron chi connectivity index (χ1n) is 8.81. The van der Waals surface area contributed by atoms with E-state index in [0.29, 0.717) is 27.2 Å². The molecule has 0 fully saturated rings. The minimum atomic E-state index is -0.419. The van der Waals surface area contributed by atoms with E-state index in [2.05, 4.69) is 44.8 Å². The fourth-order valence-corrected chi connectivity index (χ4v) is 3.16. The molecule has 0 atom stereocenters. The lowest BCUT2D eigenvalue weighted by Gasteiger charge is -2.07. The molecule has 1 heterocycles. The van der Waals surface area contributed by atoms with Crippen molar-refractivity contribution in [2.24, 2.45) is 7.05 Å². The van der Waals surface area contributed by atoms with E-state index in [1.165, 1.54) is 0 Å². The zero-order valence-electron chi connectivity index (χ0n) is 16.1. The number of rotatable bonds is 6. The summed E-state index contributed by atoms with van der Waals surface area (Å²) in [5.74, 6) is -0.103. The van der Waals surface area contributed by atoms with Gasteiger partial charge in [0.15, 0.2) is 0 Å². The van der Waals surface area contributed by atoms with E-state index < -0.39 is 5.91 Å². The van der Waals surface area contributed by atoms with Gasteiger partial charge in [-0.15, -0.1) is 0 Å². The van der Waals surface area contributed by atoms with Gasteiger partial charge in [-0.25, -0.2) is 0 Å². The van der Waals surface area contributed by atoms with E-state index in [1.807, 2.05) is 24.3 Å². The van der Waals surface area contributed by atoms with Crippen molar-refractivity contribution >= 4 is 50.9 Å². The largest absolute Gasteiger partial charge is 0.322 e. The highest BCUT2D eigenvalue weighted by atomic mass is 79.9. The van der Waals surface area contributed by atoms with Crippen molar-refractivity contribution in [3.8, 4) is 11.3 Å². The second-order valence-electron chi connectivity index (χ2n) is 6.39. The van der Waals surface area contributed by atoms with Crippen LogP contribution >= 0.6 is 27.5 Å². The third kappa shape index (κ3) is 4.87. The van der Waals surface area contributed by atoms with Gasteiger partial charge in [0.25, 0.3) is 11.8 Å². The van der Waals surface area contributed by atoms with Crippen molar-refractivity contribution in [2.45, 2.75) is 0 Å². The van der Waals surface area contributed by atoms with E-state index in [0.717, 1.165) is 5.56 Å². The molecule has 2 N–H and O–H groups in total. The summed E-state index contributed by atoms with van der Waals surface area (Å²) in [7, 11) is 1.75. The Morgan fingerprint density at radius 3 is 2.37 bits per heavy atom. The molecule has 0 saturated carbocycles. The number of benzene rings is 2. The first-order chi connectivity index (χ1) is 14.3. The van der Waals surface area contributed by atoms with Gasteiger partial charge in [-0.05, 0) is 40.2 Å². The molecule has 30 heavy (non-hydrogen) atoms. The zero-order valence-corrected chi connectivity index (χ0v) is 18.4. The predicted molar refractivity (Wildman–Crippen MR) is 124 cm³/mol. The zero-order chi connectivity index (χ0) is 21.8. The Hall–Kier alpha value is -3.16. The van der Waals surface area contributed by atoms with Crippen LogP contribution in [0.4, 0.5) is 11.5 Å². The number of nitrogens with zero attached hydrogens (tertiary/aromatic N) is 2. The maximum atomic E-state index is 12.5. The summed E-state index contributed by atoms with van der Waals surface area (Å²) in [4.78, 5) is 24.5. The second kappa shape index (κ2) is 9.11. The molecule has 0 aliphatic carbocycles. The highest BCUT2D eigenvalue weighted by Crippen LogP contribution is 2.25. The summed E-state index contributed by atoms with van der Waals surface area (Å²) in [6.07, 6.45) is 0. The molecular formula is C22H18BrClN4O2. The van der Waals surface area contributed by atoms with Gasteiger partial charge in [0, 0.05) is 33.9 Å². The molecule has 0 spiro atoms. The van der Waals surface area contributed by atoms with Crippen LogP contribution in [0.3, 0.4) is 0 Å². The Morgan fingerprint density at radius 2 is 1.73 bits per heavy atom. The Bertz CT molecular complexity index is 1150. The van der Waals surface area contributed by atoms with E-state index in [1.54, 1.807) is 42.1 Å². The standard InChI is InChI=1S/C22H18BrClN4O2/c1-13(14(2)24)21(29)25-16-10-8-15(9-11-16)19-12-20(28(3)27-19)26-22(30)17-6-4-5-7-18(17)23/h4-12H,1-2H2,3H3,(H,25,29)(H,26,30). The second-order valence-corrected chi connectivity index (χ2v) is 7.70. The van der Waals surface area contributed by atoms with Crippen molar-refractivity contribution in [1.29, 1.82) is 0 Å². The first kappa shape index (κ1) is 21.5. The molecule has 152 valence electrons. The van der Waals surface area contributed by atoms with Crippen LogP contribution in [0.5, 0.6) is 0 Å². The number of nitrogens with one attached hydrogen (secondary N) is 2. The summed E-state index contributed by atoms with van der Waals surface area (Å²) in [6.45, 7) is 7.07. The van der Waals surface area contributed by atoms with E-state index in [4.69, 9.17) is 11.6 Å². The third-order valence-electron chi connectivity index (χ3n) is 4.28. The average Bonchev–Trinajstić information content (AvgIpc) is 3.08. The van der Waals surface area contributed by atoms with Crippen molar-refractivity contribution < 1.29 is 9.59 Å². The van der Waals surface area contributed by atoms with Crippen LogP contribution in [0.1, 0.15) is 10.4 Å². The van der Waals surface area contributed by atoms with E-state index in [-0.39, 0.29) is 16.5 Å². The minimum absolute atomic E-state index is 0.0923. The number of halogens is 2. The summed E-state index contributed by atoms with van der Waals surface area (Å²) in [6, 6.07) is 16.1. The normalized spacial score (nSPS) is 10.4. The summed E-state index contributed by atoms with van der Waals surface area (Å²) >= 11 is 9.08. The molecule has 0 bridgehead atoms. The lowest BCUT2D eigenvalue weighted by atomic mass is 10.1. The van der Waals surface area contributed by atoms with Crippen molar-refractivity contribution in [2.75, 3.05) is 10.6 Å². The highest BCUT2D eigenvalue weighted by Gasteiger charge is 2.14. The van der Waals surface area contributed by atoms with Gasteiger partial charge in [0.05, 0.1) is 16.8 Å². The molecule has 2 amide bonds. The van der Waals surface area contributed by atoms with Crippen LogP contribution in [-0.4, -0.2) is 21.6 Å². The molecule has 8 heteroatoms. The summed E-state index contributed by atoms with van der Waals surface area (Å²) in [5, 5.41) is 10.1. The highest BCUT2D eigenvalue weighted by molar-refractivity contribution is 9.10. The monoisotopic (exact) mass is 484 g/mol. The average molecular weight is 486 g/mol. The minimum Gasteiger partial charge on any atom is -0.322 e. The van der Waals surface area contributed by atoms with Crippen molar-refractivity contribution in [1.82, 2.24) is 9.78 Å². The smallest absolute Gasteiger partial charge is 0.257 e. The van der Waals surface area contributed by atoms with Gasteiger partial charge < -0.3 is 10.6 Å². The molecule has 3 aromatic rings. The Morgan fingerprint density at radius 1 is 1.07 bits per heavy atom. The summed E-state index contributed by atoms with van der Waals surface area (Å²) in [5.41, 5.74) is 2.72. The fraction of sp³-hybridized carbons (Fsp3) is 0.0455. The number of hydrogen-bond donors (Lipinski definition) is 2. The quantitative estimate of drug-likeness (QED) is 0.365. The number of aromatic nitrogens is 2. The Kier molecular flexibility index (Phi) is 6.54. The molecule has 1 aromatic heterocycles. The number of amides is 2. The van der Waals surface area contributed by atoms with Crippen LogP contribution in [0.2, 0.25) is 0 Å². The molecule has 6 nitrogen and oxygen atoms in total. The SMILES string of the molecule is C=C(Cl)C(=C)C(=O)Nc1ccc(-c2cc(NC(=O)c3ccccc3Br)n(C)n2)cc1. The van der Waals surface area contributed by atoms with Gasteiger partial charge >= 0.3 is 0 Å². The van der Waals surface area contributed by atoms with Gasteiger partial charge in [-0.2, -0.15) is 5.10 Å². The molecule has 0 radical (unpaired) electrons. The predicted octanol–water partition coefficient (Wildman–Crippen LogP) is 5.35. The molecule has 0 aliphatic heterocycles. The van der Waals surface area contributed by atoms with Crippen molar-refractivity contribution in [3.05, 3.63) is 88.4 Å². The number of aryl methyl sites for hydroxylation is 1. The maximum Gasteiger partial charge on any atom is 0.257 e. The van der Waals surface area contributed by atoms with Gasteiger partial charge in [0.1, 0.15) is 5.82 Å². The summed E-state index contributed by atoms with van der Waals surface area (Å²) < 4.78 is 2.30. The Balaban J connectivity index is 1.74. The van der Waals surface area contributed by atoms with Gasteiger partial charge in [-0.3, -0.25) is 14.3 Å². The number of hydrogen-bond acceptors (Lipinski definition) is 3.